The van der Waals surface area contributed by atoms with Gasteiger partial charge in [-0.1, -0.05) is 23.2 Å². The highest BCUT2D eigenvalue weighted by atomic mass is 35.5. The van der Waals surface area contributed by atoms with E-state index in [1.54, 1.807) is 11.4 Å². The van der Waals surface area contributed by atoms with Crippen molar-refractivity contribution in [3.63, 3.8) is 0 Å². The van der Waals surface area contributed by atoms with Crippen LogP contribution in [-0.2, 0) is 9.53 Å². The standard InChI is InChI=1S/C8H3Cl2NO2S/c9-6(10)7-11-5(8(12)13-7)4-1-2-14-3-4/h1-3H. The van der Waals surface area contributed by atoms with Gasteiger partial charge in [0.1, 0.15) is 0 Å². The Morgan fingerprint density at radius 2 is 2.29 bits per heavy atom. The summed E-state index contributed by atoms with van der Waals surface area (Å²) in [5.41, 5.74) is 0.949. The lowest BCUT2D eigenvalue weighted by Gasteiger charge is -1.91. The van der Waals surface area contributed by atoms with Gasteiger partial charge in [-0.25, -0.2) is 9.79 Å². The van der Waals surface area contributed by atoms with Crippen molar-refractivity contribution in [1.29, 1.82) is 0 Å². The highest BCUT2D eigenvalue weighted by molar-refractivity contribution is 7.08. The molecule has 0 aromatic carbocycles. The van der Waals surface area contributed by atoms with Gasteiger partial charge in [0.25, 0.3) is 5.88 Å². The van der Waals surface area contributed by atoms with Crippen LogP contribution < -0.4 is 0 Å². The number of hydrogen-bond acceptors (Lipinski definition) is 4. The van der Waals surface area contributed by atoms with E-state index in [1.165, 1.54) is 11.3 Å². The zero-order chi connectivity index (χ0) is 10.1. The molecule has 0 aliphatic carbocycles. The Balaban J connectivity index is 2.43. The number of thiophene rings is 1. The third kappa shape index (κ3) is 1.68. The predicted molar refractivity (Wildman–Crippen MR) is 55.7 cm³/mol. The van der Waals surface area contributed by atoms with Crippen LogP contribution in [0.4, 0.5) is 0 Å². The number of carbonyl (C=O) groups is 1. The van der Waals surface area contributed by atoms with E-state index >= 15 is 0 Å². The summed E-state index contributed by atoms with van der Waals surface area (Å²) in [6, 6.07) is 1.77. The average molecular weight is 248 g/mol. The van der Waals surface area contributed by atoms with Crippen molar-refractivity contribution in [3.8, 4) is 0 Å². The fraction of sp³-hybridized carbons (Fsp3) is 0. The number of cyclic esters (lactones) is 1. The third-order valence-corrected chi connectivity index (χ3v) is 2.56. The Morgan fingerprint density at radius 3 is 2.79 bits per heavy atom. The minimum Gasteiger partial charge on any atom is -0.400 e. The summed E-state index contributed by atoms with van der Waals surface area (Å²) < 4.78 is 4.59. The van der Waals surface area contributed by atoms with Crippen molar-refractivity contribution in [2.24, 2.45) is 4.99 Å². The maximum Gasteiger partial charge on any atom is 0.364 e. The van der Waals surface area contributed by atoms with Gasteiger partial charge in [0.2, 0.25) is 0 Å². The summed E-state index contributed by atoms with van der Waals surface area (Å²) in [5, 5.41) is 3.64. The normalized spacial score (nSPS) is 15.4. The molecule has 0 spiro atoms. The van der Waals surface area contributed by atoms with Crippen molar-refractivity contribution in [3.05, 3.63) is 32.8 Å². The second-order valence-corrected chi connectivity index (χ2v) is 4.16. The SMILES string of the molecule is O=C1OC(=C(Cl)Cl)N=C1c1ccsc1. The lowest BCUT2D eigenvalue weighted by Crippen LogP contribution is -2.10. The van der Waals surface area contributed by atoms with Gasteiger partial charge in [-0.05, 0) is 11.4 Å². The van der Waals surface area contributed by atoms with Gasteiger partial charge >= 0.3 is 5.97 Å². The Hall–Kier alpha value is -0.840. The summed E-state index contributed by atoms with van der Waals surface area (Å²) in [5.74, 6) is -0.572. The molecule has 0 atom stereocenters. The van der Waals surface area contributed by atoms with Gasteiger partial charge in [-0.15, -0.1) is 0 Å². The maximum absolute atomic E-state index is 11.3. The smallest absolute Gasteiger partial charge is 0.364 e. The summed E-state index contributed by atoms with van der Waals surface area (Å²) >= 11 is 12.3. The Labute approximate surface area is 93.6 Å². The van der Waals surface area contributed by atoms with Crippen LogP contribution in [-0.4, -0.2) is 11.7 Å². The van der Waals surface area contributed by atoms with E-state index in [0.717, 1.165) is 0 Å². The zero-order valence-corrected chi connectivity index (χ0v) is 8.99. The van der Waals surface area contributed by atoms with Crippen molar-refractivity contribution in [2.75, 3.05) is 0 Å². The average Bonchev–Trinajstić information content (AvgIpc) is 2.71. The number of esters is 1. The molecule has 1 aliphatic rings. The van der Waals surface area contributed by atoms with E-state index < -0.39 is 5.97 Å². The van der Waals surface area contributed by atoms with E-state index in [0.29, 0.717) is 5.56 Å². The van der Waals surface area contributed by atoms with E-state index in [4.69, 9.17) is 27.9 Å². The Bertz CT molecular complexity index is 432. The van der Waals surface area contributed by atoms with Gasteiger partial charge in [-0.2, -0.15) is 11.3 Å². The molecule has 0 radical (unpaired) electrons. The van der Waals surface area contributed by atoms with Crippen LogP contribution in [0.2, 0.25) is 0 Å². The van der Waals surface area contributed by atoms with Gasteiger partial charge in [0, 0.05) is 10.9 Å². The number of rotatable bonds is 1. The molecule has 2 rings (SSSR count). The fourth-order valence-corrected chi connectivity index (χ4v) is 1.77. The molecule has 2 heterocycles. The van der Waals surface area contributed by atoms with Crippen LogP contribution in [0.5, 0.6) is 0 Å². The molecule has 0 unspecified atom stereocenters. The molecule has 0 saturated carbocycles. The molecule has 1 aromatic rings. The molecule has 0 saturated heterocycles. The highest BCUT2D eigenvalue weighted by Gasteiger charge is 2.26. The van der Waals surface area contributed by atoms with Crippen molar-refractivity contribution in [2.45, 2.75) is 0 Å². The molecular weight excluding hydrogens is 245 g/mol. The zero-order valence-electron chi connectivity index (χ0n) is 6.66. The van der Waals surface area contributed by atoms with Crippen molar-refractivity contribution >= 4 is 46.2 Å². The van der Waals surface area contributed by atoms with Gasteiger partial charge in [0.15, 0.2) is 10.2 Å². The number of halogens is 2. The first-order valence-corrected chi connectivity index (χ1v) is 5.27. The van der Waals surface area contributed by atoms with Gasteiger partial charge < -0.3 is 4.74 Å². The number of nitrogens with zero attached hydrogens (tertiary/aromatic N) is 1. The van der Waals surface area contributed by atoms with E-state index in [9.17, 15) is 4.79 Å². The minimum absolute atomic E-state index is 0.0421. The first-order valence-electron chi connectivity index (χ1n) is 3.57. The van der Waals surface area contributed by atoms with Gasteiger partial charge in [0.05, 0.1) is 0 Å². The quantitative estimate of drug-likeness (QED) is 0.716. The van der Waals surface area contributed by atoms with E-state index in [2.05, 4.69) is 4.99 Å². The van der Waals surface area contributed by atoms with Gasteiger partial charge in [-0.3, -0.25) is 0 Å². The van der Waals surface area contributed by atoms with E-state index in [1.807, 2.05) is 5.38 Å². The van der Waals surface area contributed by atoms with E-state index in [-0.39, 0.29) is 16.1 Å². The summed E-state index contributed by atoms with van der Waals surface area (Å²) in [4.78, 5) is 15.2. The molecule has 6 heteroatoms. The second-order valence-electron chi connectivity index (χ2n) is 2.43. The number of carbonyl (C=O) groups excluding carboxylic acids is 1. The molecular formula is C8H3Cl2NO2S. The lowest BCUT2D eigenvalue weighted by molar-refractivity contribution is -0.130. The first-order chi connectivity index (χ1) is 6.68. The molecule has 0 N–H and O–H groups in total. The first kappa shape index (κ1) is 9.71. The number of hydrogen-bond donors (Lipinski definition) is 0. The Kier molecular flexibility index (Phi) is 2.58. The number of ether oxygens (including phenoxy) is 1. The van der Waals surface area contributed by atoms with Crippen LogP contribution in [0.15, 0.2) is 32.2 Å². The second kappa shape index (κ2) is 3.73. The third-order valence-electron chi connectivity index (χ3n) is 1.55. The predicted octanol–water partition coefficient (Wildman–Crippen LogP) is 2.70. The van der Waals surface area contributed by atoms with Crippen LogP contribution in [0.1, 0.15) is 5.56 Å². The molecule has 0 amide bonds. The van der Waals surface area contributed by atoms with Crippen molar-refractivity contribution in [1.82, 2.24) is 0 Å². The minimum atomic E-state index is -0.530. The summed E-state index contributed by atoms with van der Waals surface area (Å²) in [6.07, 6.45) is 0. The molecule has 72 valence electrons. The molecule has 0 fully saturated rings. The molecule has 1 aromatic heterocycles. The number of aliphatic imine (C=N–C) groups is 1. The highest BCUT2D eigenvalue weighted by Crippen LogP contribution is 2.24. The summed E-state index contributed by atoms with van der Waals surface area (Å²) in [6.45, 7) is 0. The largest absolute Gasteiger partial charge is 0.400 e. The topological polar surface area (TPSA) is 38.7 Å². The summed E-state index contributed by atoms with van der Waals surface area (Å²) in [7, 11) is 0. The molecule has 14 heavy (non-hydrogen) atoms. The van der Waals surface area contributed by atoms with Crippen LogP contribution >= 0.6 is 34.5 Å². The fourth-order valence-electron chi connectivity index (χ4n) is 0.969. The monoisotopic (exact) mass is 247 g/mol. The van der Waals surface area contributed by atoms with Crippen LogP contribution in [0, 0.1) is 0 Å². The molecule has 3 nitrogen and oxygen atoms in total. The molecule has 0 bridgehead atoms. The maximum atomic E-state index is 11.3. The van der Waals surface area contributed by atoms with Crippen LogP contribution in [0.3, 0.4) is 0 Å². The Morgan fingerprint density at radius 1 is 1.50 bits per heavy atom. The lowest BCUT2D eigenvalue weighted by atomic mass is 10.2. The van der Waals surface area contributed by atoms with Crippen LogP contribution in [0.25, 0.3) is 0 Å². The van der Waals surface area contributed by atoms with Crippen molar-refractivity contribution < 1.29 is 9.53 Å². The molecule has 1 aliphatic heterocycles.